The van der Waals surface area contributed by atoms with E-state index in [0.29, 0.717) is 6.61 Å². The molecule has 0 aliphatic heterocycles. The SMILES string of the molecule is COCC(CNC(C)(C)C)Oc1cccc(C(C)(C)C)c1. The summed E-state index contributed by atoms with van der Waals surface area (Å²) in [6.45, 7) is 14.4. The maximum Gasteiger partial charge on any atom is 0.134 e. The molecular weight excluding hydrogens is 262 g/mol. The Morgan fingerprint density at radius 1 is 1.10 bits per heavy atom. The number of methoxy groups -OCH3 is 1. The van der Waals surface area contributed by atoms with E-state index < -0.39 is 0 Å². The van der Waals surface area contributed by atoms with Gasteiger partial charge in [-0.3, -0.25) is 0 Å². The Bertz CT molecular complexity index is 430. The van der Waals surface area contributed by atoms with E-state index in [1.165, 1.54) is 5.56 Å². The molecule has 0 bridgehead atoms. The van der Waals surface area contributed by atoms with Gasteiger partial charge < -0.3 is 14.8 Å². The molecule has 0 fully saturated rings. The predicted molar refractivity (Wildman–Crippen MR) is 89.2 cm³/mol. The Labute approximate surface area is 130 Å². The first-order valence-corrected chi connectivity index (χ1v) is 7.63. The van der Waals surface area contributed by atoms with Crippen molar-refractivity contribution in [2.75, 3.05) is 20.3 Å². The Morgan fingerprint density at radius 3 is 2.29 bits per heavy atom. The minimum absolute atomic E-state index is 0.00411. The van der Waals surface area contributed by atoms with Crippen molar-refractivity contribution in [1.29, 1.82) is 0 Å². The van der Waals surface area contributed by atoms with Crippen molar-refractivity contribution in [2.45, 2.75) is 58.6 Å². The third-order valence-corrected chi connectivity index (χ3v) is 3.22. The van der Waals surface area contributed by atoms with Crippen LogP contribution in [0.1, 0.15) is 47.1 Å². The summed E-state index contributed by atoms with van der Waals surface area (Å²) in [7, 11) is 1.71. The highest BCUT2D eigenvalue weighted by atomic mass is 16.5. The van der Waals surface area contributed by atoms with Gasteiger partial charge in [0.15, 0.2) is 0 Å². The van der Waals surface area contributed by atoms with Crippen LogP contribution >= 0.6 is 0 Å². The fraction of sp³-hybridized carbons (Fsp3) is 0.667. The molecule has 0 spiro atoms. The zero-order valence-corrected chi connectivity index (χ0v) is 14.6. The minimum atomic E-state index is 0.00411. The van der Waals surface area contributed by atoms with Crippen LogP contribution in [0.2, 0.25) is 0 Å². The fourth-order valence-corrected chi connectivity index (χ4v) is 1.97. The van der Waals surface area contributed by atoms with Crippen LogP contribution in [-0.2, 0) is 10.2 Å². The van der Waals surface area contributed by atoms with Gasteiger partial charge in [0.1, 0.15) is 11.9 Å². The highest BCUT2D eigenvalue weighted by Gasteiger charge is 2.17. The van der Waals surface area contributed by atoms with Gasteiger partial charge in [-0.05, 0) is 43.9 Å². The van der Waals surface area contributed by atoms with Gasteiger partial charge in [-0.25, -0.2) is 0 Å². The molecule has 0 radical (unpaired) electrons. The quantitative estimate of drug-likeness (QED) is 0.866. The number of rotatable bonds is 6. The molecule has 1 N–H and O–H groups in total. The molecule has 0 amide bonds. The fourth-order valence-electron chi connectivity index (χ4n) is 1.97. The van der Waals surface area contributed by atoms with Crippen LogP contribution in [-0.4, -0.2) is 31.9 Å². The summed E-state index contributed by atoms with van der Waals surface area (Å²) in [6, 6.07) is 8.33. The smallest absolute Gasteiger partial charge is 0.134 e. The Kier molecular flexibility index (Phi) is 6.24. The van der Waals surface area contributed by atoms with Gasteiger partial charge in [0.25, 0.3) is 0 Å². The lowest BCUT2D eigenvalue weighted by atomic mass is 9.87. The topological polar surface area (TPSA) is 30.5 Å². The van der Waals surface area contributed by atoms with Crippen molar-refractivity contribution >= 4 is 0 Å². The van der Waals surface area contributed by atoms with Crippen LogP contribution in [0.3, 0.4) is 0 Å². The third-order valence-electron chi connectivity index (χ3n) is 3.22. The van der Waals surface area contributed by atoms with Gasteiger partial charge in [0.2, 0.25) is 0 Å². The Morgan fingerprint density at radius 2 is 1.76 bits per heavy atom. The summed E-state index contributed by atoms with van der Waals surface area (Å²) in [6.07, 6.45) is 0.00411. The second-order valence-electron chi connectivity index (χ2n) is 7.60. The van der Waals surface area contributed by atoms with E-state index in [0.717, 1.165) is 12.3 Å². The molecule has 0 heterocycles. The molecule has 21 heavy (non-hydrogen) atoms. The van der Waals surface area contributed by atoms with Crippen molar-refractivity contribution in [1.82, 2.24) is 5.32 Å². The van der Waals surface area contributed by atoms with Gasteiger partial charge in [-0.2, -0.15) is 0 Å². The molecule has 1 unspecified atom stereocenters. The number of nitrogens with one attached hydrogen (secondary N) is 1. The lowest BCUT2D eigenvalue weighted by Crippen LogP contribution is -2.44. The van der Waals surface area contributed by atoms with Crippen molar-refractivity contribution < 1.29 is 9.47 Å². The average Bonchev–Trinajstić information content (AvgIpc) is 2.35. The van der Waals surface area contributed by atoms with Crippen molar-refractivity contribution in [3.63, 3.8) is 0 Å². The van der Waals surface area contributed by atoms with Crippen LogP contribution in [0, 0.1) is 0 Å². The first-order valence-electron chi connectivity index (χ1n) is 7.63. The molecule has 0 aromatic heterocycles. The third kappa shape index (κ3) is 6.96. The molecule has 3 nitrogen and oxygen atoms in total. The highest BCUT2D eigenvalue weighted by Crippen LogP contribution is 2.26. The zero-order valence-electron chi connectivity index (χ0n) is 14.6. The molecule has 3 heteroatoms. The molecule has 0 aliphatic carbocycles. The second-order valence-corrected chi connectivity index (χ2v) is 7.60. The Hall–Kier alpha value is -1.06. The normalized spacial score (nSPS) is 14.0. The van der Waals surface area contributed by atoms with E-state index in [9.17, 15) is 0 Å². The number of benzene rings is 1. The maximum atomic E-state index is 6.10. The molecule has 1 aromatic rings. The molecule has 1 rings (SSSR count). The summed E-state index contributed by atoms with van der Waals surface area (Å²) in [5.41, 5.74) is 1.47. The molecule has 120 valence electrons. The highest BCUT2D eigenvalue weighted by molar-refractivity contribution is 5.32. The van der Waals surface area contributed by atoms with E-state index in [2.05, 4.69) is 65.1 Å². The van der Waals surface area contributed by atoms with E-state index in [1.54, 1.807) is 7.11 Å². The second kappa shape index (κ2) is 7.28. The summed E-state index contributed by atoms with van der Waals surface area (Å²) in [5.74, 6) is 0.903. The number of hydrogen-bond acceptors (Lipinski definition) is 3. The van der Waals surface area contributed by atoms with Crippen LogP contribution in [0.15, 0.2) is 24.3 Å². The summed E-state index contributed by atoms with van der Waals surface area (Å²) >= 11 is 0. The standard InChI is InChI=1S/C18H31NO2/c1-17(2,3)14-9-8-10-15(11-14)21-16(13-20-7)12-19-18(4,5)6/h8-11,16,19H,12-13H2,1-7H3. The van der Waals surface area contributed by atoms with E-state index in [4.69, 9.17) is 9.47 Å². The van der Waals surface area contributed by atoms with Gasteiger partial charge in [-0.1, -0.05) is 32.9 Å². The lowest BCUT2D eigenvalue weighted by molar-refractivity contribution is 0.0764. The van der Waals surface area contributed by atoms with Crippen LogP contribution in [0.4, 0.5) is 0 Å². The molecular formula is C18H31NO2. The van der Waals surface area contributed by atoms with Crippen LogP contribution in [0.25, 0.3) is 0 Å². The average molecular weight is 293 g/mol. The minimum Gasteiger partial charge on any atom is -0.487 e. The zero-order chi connectivity index (χ0) is 16.1. The van der Waals surface area contributed by atoms with Gasteiger partial charge in [0, 0.05) is 19.2 Å². The monoisotopic (exact) mass is 293 g/mol. The van der Waals surface area contributed by atoms with Crippen molar-refractivity contribution in [3.8, 4) is 5.75 Å². The molecule has 0 saturated carbocycles. The maximum absolute atomic E-state index is 6.10. The first kappa shape index (κ1) is 18.0. The van der Waals surface area contributed by atoms with Crippen molar-refractivity contribution in [3.05, 3.63) is 29.8 Å². The largest absolute Gasteiger partial charge is 0.487 e. The van der Waals surface area contributed by atoms with E-state index in [-0.39, 0.29) is 17.1 Å². The van der Waals surface area contributed by atoms with Crippen LogP contribution < -0.4 is 10.1 Å². The van der Waals surface area contributed by atoms with E-state index in [1.807, 2.05) is 6.07 Å². The van der Waals surface area contributed by atoms with Crippen LogP contribution in [0.5, 0.6) is 5.75 Å². The summed E-state index contributed by atoms with van der Waals surface area (Å²) in [5, 5.41) is 3.47. The molecule has 0 saturated heterocycles. The molecule has 1 aromatic carbocycles. The van der Waals surface area contributed by atoms with Gasteiger partial charge in [0.05, 0.1) is 6.61 Å². The van der Waals surface area contributed by atoms with Gasteiger partial charge in [-0.15, -0.1) is 0 Å². The number of hydrogen-bond donors (Lipinski definition) is 1. The predicted octanol–water partition coefficient (Wildman–Crippen LogP) is 3.77. The van der Waals surface area contributed by atoms with E-state index >= 15 is 0 Å². The molecule has 0 aliphatic rings. The number of ether oxygens (including phenoxy) is 2. The summed E-state index contributed by atoms with van der Waals surface area (Å²) in [4.78, 5) is 0. The van der Waals surface area contributed by atoms with Gasteiger partial charge >= 0.3 is 0 Å². The Balaban J connectivity index is 2.75. The molecule has 1 atom stereocenters. The first-order chi connectivity index (χ1) is 9.62. The summed E-state index contributed by atoms with van der Waals surface area (Å²) < 4.78 is 11.4. The lowest BCUT2D eigenvalue weighted by Gasteiger charge is -2.26. The van der Waals surface area contributed by atoms with Crippen molar-refractivity contribution in [2.24, 2.45) is 0 Å².